The molecule has 0 spiro atoms. The van der Waals surface area contributed by atoms with Gasteiger partial charge in [-0.05, 0) is 17.4 Å². The van der Waals surface area contributed by atoms with Crippen LogP contribution < -0.4 is 10.6 Å². The second kappa shape index (κ2) is 7.61. The van der Waals surface area contributed by atoms with E-state index in [1.54, 1.807) is 0 Å². The molecular formula is C17H19Cl3N2O. The van der Waals surface area contributed by atoms with Gasteiger partial charge in [-0.15, -0.1) is 0 Å². The number of rotatable bonds is 5. The lowest BCUT2D eigenvalue weighted by molar-refractivity contribution is -0.122. The fourth-order valence-corrected chi connectivity index (χ4v) is 2.62. The topological polar surface area (TPSA) is 41.1 Å². The molecule has 23 heavy (non-hydrogen) atoms. The number of carbonyl (C=O) groups excluding carboxylic acids is 1. The van der Waals surface area contributed by atoms with Gasteiger partial charge in [0.1, 0.15) is 6.17 Å². The Balaban J connectivity index is 2.25. The Bertz CT molecular complexity index is 678. The Morgan fingerprint density at radius 3 is 2.39 bits per heavy atom. The highest BCUT2D eigenvalue weighted by atomic mass is 35.6. The number of halogens is 3. The van der Waals surface area contributed by atoms with Gasteiger partial charge >= 0.3 is 0 Å². The van der Waals surface area contributed by atoms with Crippen LogP contribution in [0.15, 0.2) is 42.5 Å². The average Bonchev–Trinajstić information content (AvgIpc) is 2.45. The lowest BCUT2D eigenvalue weighted by Crippen LogP contribution is -2.49. The quantitative estimate of drug-likeness (QED) is 0.565. The highest BCUT2D eigenvalue weighted by Crippen LogP contribution is 2.33. The van der Waals surface area contributed by atoms with E-state index in [4.69, 9.17) is 34.8 Å². The van der Waals surface area contributed by atoms with Gasteiger partial charge in [0.15, 0.2) is 0 Å². The minimum absolute atomic E-state index is 0.163. The standard InChI is InChI=1S/C17H19Cl3N2O/c1-11(2)10-15(23)22-16(17(18,19)20)21-14-9-5-7-12-6-3-4-8-13(12)14/h3-9,11,16,21H,10H2,1-2H3,(H,22,23). The van der Waals surface area contributed by atoms with Gasteiger partial charge in [0, 0.05) is 17.5 Å². The van der Waals surface area contributed by atoms with Gasteiger partial charge in [-0.3, -0.25) is 4.79 Å². The molecule has 2 N–H and O–H groups in total. The SMILES string of the molecule is CC(C)CC(=O)NC(Nc1cccc2ccccc12)C(Cl)(Cl)Cl. The molecule has 0 aliphatic heterocycles. The molecule has 1 atom stereocenters. The van der Waals surface area contributed by atoms with Crippen LogP contribution in [0.4, 0.5) is 5.69 Å². The summed E-state index contributed by atoms with van der Waals surface area (Å²) >= 11 is 18.1. The Hall–Kier alpha value is -1.16. The molecule has 2 rings (SSSR count). The maximum Gasteiger partial charge on any atom is 0.228 e. The summed E-state index contributed by atoms with van der Waals surface area (Å²) in [7, 11) is 0. The number of nitrogens with one attached hydrogen (secondary N) is 2. The Morgan fingerprint density at radius 1 is 1.09 bits per heavy atom. The van der Waals surface area contributed by atoms with Gasteiger partial charge in [-0.2, -0.15) is 0 Å². The molecular weight excluding hydrogens is 355 g/mol. The molecule has 0 saturated heterocycles. The number of anilines is 1. The van der Waals surface area contributed by atoms with Gasteiger partial charge in [0.05, 0.1) is 0 Å². The van der Waals surface area contributed by atoms with Crippen molar-refractivity contribution in [1.29, 1.82) is 0 Å². The van der Waals surface area contributed by atoms with Crippen molar-refractivity contribution in [1.82, 2.24) is 5.32 Å². The summed E-state index contributed by atoms with van der Waals surface area (Å²) < 4.78 is -1.68. The zero-order chi connectivity index (χ0) is 17.0. The zero-order valence-electron chi connectivity index (χ0n) is 12.9. The second-order valence-electron chi connectivity index (χ2n) is 5.81. The van der Waals surface area contributed by atoms with E-state index in [9.17, 15) is 4.79 Å². The van der Waals surface area contributed by atoms with Crippen molar-refractivity contribution in [3.05, 3.63) is 42.5 Å². The third kappa shape index (κ3) is 5.17. The maximum absolute atomic E-state index is 12.0. The summed E-state index contributed by atoms with van der Waals surface area (Å²) in [6.45, 7) is 3.92. The van der Waals surface area contributed by atoms with Crippen molar-refractivity contribution in [3.8, 4) is 0 Å². The fraction of sp³-hybridized carbons (Fsp3) is 0.353. The minimum atomic E-state index is -1.68. The van der Waals surface area contributed by atoms with E-state index in [2.05, 4.69) is 10.6 Å². The molecule has 2 aromatic carbocycles. The normalized spacial score (nSPS) is 13.1. The van der Waals surface area contributed by atoms with Gasteiger partial charge in [-0.25, -0.2) is 0 Å². The number of hydrogen-bond donors (Lipinski definition) is 2. The van der Waals surface area contributed by atoms with E-state index in [-0.39, 0.29) is 11.8 Å². The summed E-state index contributed by atoms with van der Waals surface area (Å²) in [5, 5.41) is 7.95. The van der Waals surface area contributed by atoms with Gasteiger partial charge in [0.25, 0.3) is 0 Å². The number of fused-ring (bicyclic) bond motifs is 1. The smallest absolute Gasteiger partial charge is 0.228 e. The molecule has 0 aromatic heterocycles. The molecule has 0 aliphatic carbocycles. The van der Waals surface area contributed by atoms with E-state index in [1.165, 1.54) is 0 Å². The maximum atomic E-state index is 12.0. The summed E-state index contributed by atoms with van der Waals surface area (Å²) in [5.74, 6) is 0.0626. The van der Waals surface area contributed by atoms with Crippen molar-refractivity contribution >= 4 is 57.2 Å². The molecule has 2 aromatic rings. The molecule has 0 saturated carbocycles. The van der Waals surface area contributed by atoms with E-state index in [1.807, 2.05) is 56.3 Å². The first kappa shape index (κ1) is 18.2. The van der Waals surface area contributed by atoms with Crippen LogP contribution in [0.3, 0.4) is 0 Å². The van der Waals surface area contributed by atoms with Crippen LogP contribution in [-0.4, -0.2) is 15.9 Å². The molecule has 0 aliphatic rings. The van der Waals surface area contributed by atoms with Crippen LogP contribution in [0.2, 0.25) is 0 Å². The number of benzene rings is 2. The van der Waals surface area contributed by atoms with Crippen LogP contribution in [-0.2, 0) is 4.79 Å². The largest absolute Gasteiger partial charge is 0.361 e. The molecule has 0 fully saturated rings. The Morgan fingerprint density at radius 2 is 1.74 bits per heavy atom. The summed E-state index contributed by atoms with van der Waals surface area (Å²) in [6, 6.07) is 13.7. The molecule has 0 heterocycles. The van der Waals surface area contributed by atoms with Crippen LogP contribution in [0.1, 0.15) is 20.3 Å². The van der Waals surface area contributed by atoms with Crippen molar-refractivity contribution in [3.63, 3.8) is 0 Å². The first-order valence-corrected chi connectivity index (χ1v) is 8.51. The molecule has 1 unspecified atom stereocenters. The average molecular weight is 374 g/mol. The van der Waals surface area contributed by atoms with Crippen LogP contribution in [0.25, 0.3) is 10.8 Å². The van der Waals surface area contributed by atoms with E-state index >= 15 is 0 Å². The molecule has 6 heteroatoms. The third-order valence-electron chi connectivity index (χ3n) is 3.32. The molecule has 124 valence electrons. The van der Waals surface area contributed by atoms with Crippen LogP contribution in [0.5, 0.6) is 0 Å². The molecule has 1 amide bonds. The molecule has 3 nitrogen and oxygen atoms in total. The van der Waals surface area contributed by atoms with E-state index in [0.717, 1.165) is 16.5 Å². The second-order valence-corrected chi connectivity index (χ2v) is 8.18. The predicted octanol–water partition coefficient (Wildman–Crippen LogP) is 5.11. The first-order chi connectivity index (χ1) is 10.8. The highest BCUT2D eigenvalue weighted by molar-refractivity contribution is 6.68. The number of hydrogen-bond acceptors (Lipinski definition) is 2. The van der Waals surface area contributed by atoms with Gasteiger partial charge in [-0.1, -0.05) is 85.0 Å². The van der Waals surface area contributed by atoms with E-state index < -0.39 is 9.96 Å². The highest BCUT2D eigenvalue weighted by Gasteiger charge is 2.34. The summed E-state index contributed by atoms with van der Waals surface area (Å²) in [4.78, 5) is 12.0. The van der Waals surface area contributed by atoms with Crippen molar-refractivity contribution in [2.75, 3.05) is 5.32 Å². The van der Waals surface area contributed by atoms with Crippen molar-refractivity contribution in [2.45, 2.75) is 30.2 Å². The van der Waals surface area contributed by atoms with Crippen molar-refractivity contribution < 1.29 is 4.79 Å². The van der Waals surface area contributed by atoms with Crippen LogP contribution in [0, 0.1) is 5.92 Å². The molecule has 0 radical (unpaired) electrons. The monoisotopic (exact) mass is 372 g/mol. The number of alkyl halides is 3. The van der Waals surface area contributed by atoms with Gasteiger partial charge in [0.2, 0.25) is 9.70 Å². The first-order valence-electron chi connectivity index (χ1n) is 7.37. The number of amides is 1. The lowest BCUT2D eigenvalue weighted by atomic mass is 10.1. The van der Waals surface area contributed by atoms with Crippen LogP contribution >= 0.6 is 34.8 Å². The minimum Gasteiger partial charge on any atom is -0.361 e. The summed E-state index contributed by atoms with van der Waals surface area (Å²) in [5.41, 5.74) is 0.796. The Labute approximate surface area is 151 Å². The fourth-order valence-electron chi connectivity index (χ4n) is 2.30. The summed E-state index contributed by atoms with van der Waals surface area (Å²) in [6.07, 6.45) is -0.460. The van der Waals surface area contributed by atoms with Gasteiger partial charge < -0.3 is 10.6 Å². The Kier molecular flexibility index (Phi) is 6.01. The van der Waals surface area contributed by atoms with E-state index in [0.29, 0.717) is 6.42 Å². The lowest BCUT2D eigenvalue weighted by Gasteiger charge is -2.28. The molecule has 0 bridgehead atoms. The van der Waals surface area contributed by atoms with Crippen molar-refractivity contribution in [2.24, 2.45) is 5.92 Å². The number of carbonyl (C=O) groups is 1. The third-order valence-corrected chi connectivity index (χ3v) is 3.97. The predicted molar refractivity (Wildman–Crippen MR) is 99.2 cm³/mol. The zero-order valence-corrected chi connectivity index (χ0v) is 15.2.